The summed E-state index contributed by atoms with van der Waals surface area (Å²) >= 11 is 35.3. The topological polar surface area (TPSA) is 562 Å². The van der Waals surface area contributed by atoms with E-state index < -0.39 is 34.6 Å². The number of hydrogen-bond donors (Lipinski definition) is 19. The summed E-state index contributed by atoms with van der Waals surface area (Å²) < 4.78 is 82.0. The second kappa shape index (κ2) is 86.2. The van der Waals surface area contributed by atoms with Gasteiger partial charge in [-0.25, -0.2) is 25.3 Å². The number of sulfone groups is 3. The first-order chi connectivity index (χ1) is 49.4. The summed E-state index contributed by atoms with van der Waals surface area (Å²) in [5, 5.41) is 35.7. The van der Waals surface area contributed by atoms with Gasteiger partial charge in [0.25, 0.3) is 5.17 Å². The van der Waals surface area contributed by atoms with Gasteiger partial charge in [0.15, 0.2) is 34.6 Å². The van der Waals surface area contributed by atoms with Crippen molar-refractivity contribution < 1.29 is 60.1 Å². The first-order valence-corrected chi connectivity index (χ1v) is 45.2. The molecule has 0 amide bonds. The van der Waals surface area contributed by atoms with E-state index in [4.69, 9.17) is 184 Å². The Morgan fingerprint density at radius 2 is 0.783 bits per heavy atom. The van der Waals surface area contributed by atoms with Crippen molar-refractivity contribution in [1.82, 2.24) is 25.8 Å². The summed E-state index contributed by atoms with van der Waals surface area (Å²) in [6.07, 6.45) is 13.7. The number of hydrogen-bond acceptors (Lipinski definition) is 32. The molecule has 0 spiro atoms. The molecular formula is C66H156N18O12S10. The van der Waals surface area contributed by atoms with E-state index in [1.165, 1.54) is 12.8 Å². The third-order valence-electron chi connectivity index (χ3n) is 11.8. The highest BCUT2D eigenvalue weighted by Crippen LogP contribution is 2.11. The average Bonchev–Trinajstić information content (AvgIpc) is 1.11. The van der Waals surface area contributed by atoms with Crippen LogP contribution in [-0.2, 0) is 56.4 Å². The summed E-state index contributed by atoms with van der Waals surface area (Å²) in [6, 6.07) is 0. The first kappa shape index (κ1) is 123. The predicted octanol–water partition coefficient (Wildman–Crippen LogP) is -0.334. The van der Waals surface area contributed by atoms with Gasteiger partial charge in [0.1, 0.15) is 0 Å². The Balaban J connectivity index is -0.000000140. The normalized spacial score (nSPS) is 15.8. The number of ether oxygens (including phenoxy) is 3. The van der Waals surface area contributed by atoms with Crippen molar-refractivity contribution in [2.75, 3.05) is 172 Å². The number of thiocarbonyl (C=S) groups is 6. The quantitative estimate of drug-likeness (QED) is 0.0316. The van der Waals surface area contributed by atoms with Crippen LogP contribution in [0.1, 0.15) is 173 Å². The van der Waals surface area contributed by atoms with Gasteiger partial charge >= 0.3 is 0 Å². The minimum absolute atomic E-state index is 0.0426. The van der Waals surface area contributed by atoms with E-state index >= 15 is 0 Å². The maximum absolute atomic E-state index is 11.1. The van der Waals surface area contributed by atoms with E-state index in [-0.39, 0.29) is 59.6 Å². The third kappa shape index (κ3) is 114. The van der Waals surface area contributed by atoms with Crippen LogP contribution < -0.4 is 90.1 Å². The minimum Gasteiger partial charge on any atom is -0.693 e. The van der Waals surface area contributed by atoms with E-state index in [9.17, 15) is 25.3 Å². The molecule has 0 bridgehead atoms. The van der Waals surface area contributed by atoms with Gasteiger partial charge in [-0.05, 0) is 222 Å². The second-order valence-corrected chi connectivity index (χ2v) is 35.7. The maximum Gasteiger partial charge on any atom is 0.259 e. The molecule has 642 valence electrons. The lowest BCUT2D eigenvalue weighted by Gasteiger charge is -2.39. The van der Waals surface area contributed by atoms with Gasteiger partial charge in [-0.3, -0.25) is 0 Å². The number of aliphatic hydroxyl groups is 3. The molecule has 5 aliphatic heterocycles. The number of quaternary nitrogens is 1. The third-order valence-corrected chi connectivity index (χ3v) is 19.3. The van der Waals surface area contributed by atoms with E-state index in [1.54, 1.807) is 46.4 Å². The van der Waals surface area contributed by atoms with E-state index in [1.807, 2.05) is 51.8 Å². The van der Waals surface area contributed by atoms with E-state index in [2.05, 4.69) is 16.0 Å². The monoisotopic (exact) mass is 1710 g/mol. The molecule has 106 heavy (non-hydrogen) atoms. The van der Waals surface area contributed by atoms with Gasteiger partial charge in [-0.1, -0.05) is 48.9 Å². The first-order valence-electron chi connectivity index (χ1n) is 36.9. The summed E-state index contributed by atoms with van der Waals surface area (Å²) in [7, 11) is -8.28. The molecule has 30 nitrogen and oxygen atoms in total. The molecule has 5 heterocycles. The molecule has 0 aromatic carbocycles. The Labute approximate surface area is 681 Å². The smallest absolute Gasteiger partial charge is 0.259 e. The number of nitrogens with zero attached hydrogens (tertiary/aromatic N) is 2. The highest BCUT2D eigenvalue weighted by atomic mass is 32.2. The van der Waals surface area contributed by atoms with Gasteiger partial charge in [0.2, 0.25) is 0 Å². The van der Waals surface area contributed by atoms with Gasteiger partial charge in [-0.15, -0.1) is 0 Å². The highest BCUT2D eigenvalue weighted by molar-refractivity contribution is 7.92. The zero-order valence-corrected chi connectivity index (χ0v) is 75.1. The molecule has 5 saturated heterocycles. The number of aliphatic hydroxyl groups excluding tert-OH is 3. The Bertz CT molecular complexity index is 2240. The predicted molar refractivity (Wildman–Crippen MR) is 474 cm³/mol. The maximum atomic E-state index is 11.1. The van der Waals surface area contributed by atoms with Crippen LogP contribution in [0, 0.1) is 0 Å². The molecule has 32 N–H and O–H groups in total. The van der Waals surface area contributed by atoms with Gasteiger partial charge in [0.05, 0.1) is 79.4 Å². The lowest BCUT2D eigenvalue weighted by Crippen LogP contribution is -2.98. The van der Waals surface area contributed by atoms with Gasteiger partial charge in [-0.2, -0.15) is 0 Å². The zero-order chi connectivity index (χ0) is 84.0. The molecule has 0 aliphatic carbocycles. The molecule has 0 aromatic heterocycles. The molecule has 0 saturated carbocycles. The Morgan fingerprint density at radius 1 is 0.462 bits per heavy atom. The summed E-state index contributed by atoms with van der Waals surface area (Å²) in [5.41, 5.74) is 61.6. The average molecular weight is 1710 g/mol. The van der Waals surface area contributed by atoms with Crippen LogP contribution in [0.2, 0.25) is 0 Å². The van der Waals surface area contributed by atoms with Crippen molar-refractivity contribution in [3.63, 3.8) is 0 Å². The molecular weight excluding hydrogens is 1560 g/mol. The zero-order valence-electron chi connectivity index (χ0n) is 67.0. The van der Waals surface area contributed by atoms with Crippen LogP contribution in [0.5, 0.6) is 0 Å². The van der Waals surface area contributed by atoms with Crippen LogP contribution in [0.3, 0.4) is 0 Å². The lowest BCUT2D eigenvalue weighted by atomic mass is 10.1. The van der Waals surface area contributed by atoms with Crippen molar-refractivity contribution in [2.45, 2.75) is 215 Å². The Kier molecular flexibility index (Phi) is 100. The number of rotatable bonds is 25. The van der Waals surface area contributed by atoms with Gasteiger partial charge in [0, 0.05) is 129 Å². The van der Waals surface area contributed by atoms with Crippen molar-refractivity contribution >= 4 is 146 Å². The van der Waals surface area contributed by atoms with Gasteiger partial charge < -0.3 is 142 Å². The lowest BCUT2D eigenvalue weighted by molar-refractivity contribution is -0.743. The molecule has 1 unspecified atom stereocenters. The van der Waals surface area contributed by atoms with Crippen molar-refractivity contribution in [3.8, 4) is 0 Å². The fourth-order valence-corrected chi connectivity index (χ4v) is 12.7. The molecule has 1 atom stereocenters. The molecule has 0 aromatic rings. The summed E-state index contributed by atoms with van der Waals surface area (Å²) in [5.74, 6) is 1.44. The number of nitrogens with two attached hydrogens (primary N) is 13. The molecule has 5 fully saturated rings. The van der Waals surface area contributed by atoms with Crippen LogP contribution in [0.15, 0.2) is 0 Å². The van der Waals surface area contributed by atoms with Crippen molar-refractivity contribution in [3.05, 3.63) is 0 Å². The van der Waals surface area contributed by atoms with Crippen LogP contribution in [0.25, 0.3) is 0 Å². The van der Waals surface area contributed by atoms with E-state index in [0.717, 1.165) is 130 Å². The Morgan fingerprint density at radius 3 is 1.04 bits per heavy atom. The molecule has 5 rings (SSSR count). The van der Waals surface area contributed by atoms with Crippen molar-refractivity contribution in [1.29, 1.82) is 0 Å². The van der Waals surface area contributed by atoms with Crippen LogP contribution >= 0.6 is 73.3 Å². The second-order valence-electron chi connectivity index (χ2n) is 25.2. The molecule has 5 aliphatic rings. The number of nitrogens with one attached hydrogen (secondary N) is 3. The van der Waals surface area contributed by atoms with Crippen LogP contribution in [0.4, 0.5) is 0 Å². The minimum atomic E-state index is -2.83. The standard InChI is InChI=1S/C9H23N3OS.C8H16N2O2S2.C8H15NO3S2.C7H16N2S.C7H15NOS.C4H9NO2S.2C4H7NS.3C3H8O.3C2H8N2/c1-8(2)13-9(14,4-3-5-10)12-7-6-11;9-3-1-2-8(13)10-4-6-14(11,12)7-5-10;1-7(2)12-8(13)9-3-5-14(10,11)6-4-9;8-5-1-3-7(10)4-2-6-9;1-6(2)9-7(10)4-3-5-8;6-8(7)3-1-5-2-4-8;2*6-4-2-1-3-5-4;3*1-3(2)4;3*3-1-2-4/h8,12,14H,3-7,10-11H2,1-2H3;1-7,9H2;7H,3-6H2,1-2H3;1-6,8-9H2;6H,3-5,8H2,1-2H3;5H,1-4H2;2*1-3H2,(H,5,6);3*3-4H,1-2H3;3*1-4H2. The van der Waals surface area contributed by atoms with Crippen LogP contribution in [-0.4, -0.2) is 294 Å². The summed E-state index contributed by atoms with van der Waals surface area (Å²) in [4.78, 5) is 7.83. The summed E-state index contributed by atoms with van der Waals surface area (Å²) in [6.45, 7) is 35.9. The SMILES string of the molecule is CC(C)O.CC(C)O.CC(C)O.CC(C)OC(=S)CCCN.CC(C)OC(=S)N1CCS(=O)(=O)CC1.CC(C)OC([S-])(CCCN)[NH2+]CCN.NCCCC(=S)CCCN.NCCCC(=S)N1CCS(=O)(=O)CC1.NCCN.NCCN.NCCN.O=S1(=O)CCNCC1.S=C1CCCN1.S=C1CCCN1. The Hall–Kier alpha value is -1.18. The largest absolute Gasteiger partial charge is 0.693 e. The molecule has 40 heteroatoms. The van der Waals surface area contributed by atoms with E-state index in [0.29, 0.717) is 126 Å². The molecule has 0 radical (unpaired) electrons. The highest BCUT2D eigenvalue weighted by Gasteiger charge is 2.25. The van der Waals surface area contributed by atoms with Crippen molar-refractivity contribution in [2.24, 2.45) is 68.8 Å². The fourth-order valence-electron chi connectivity index (χ4n) is 6.91. The fraction of sp³-hybridized carbons (Fsp3) is 0.909.